The van der Waals surface area contributed by atoms with E-state index in [2.05, 4.69) is 0 Å². The van der Waals surface area contributed by atoms with E-state index in [0.29, 0.717) is 25.9 Å². The van der Waals surface area contributed by atoms with Gasteiger partial charge in [0.25, 0.3) is 0 Å². The summed E-state index contributed by atoms with van der Waals surface area (Å²) in [6, 6.07) is 0. The summed E-state index contributed by atoms with van der Waals surface area (Å²) in [4.78, 5) is 35.4. The highest BCUT2D eigenvalue weighted by Gasteiger charge is 2.53. The van der Waals surface area contributed by atoms with Crippen molar-refractivity contribution >= 4 is 17.7 Å². The quantitative estimate of drug-likeness (QED) is 0.550. The monoisotopic (exact) mass is 256 g/mol. The van der Waals surface area contributed by atoms with Crippen molar-refractivity contribution in [1.29, 1.82) is 0 Å². The van der Waals surface area contributed by atoms with Crippen LogP contribution in [0.5, 0.6) is 0 Å². The van der Waals surface area contributed by atoms with Crippen molar-refractivity contribution in [1.82, 2.24) is 0 Å². The van der Waals surface area contributed by atoms with Crippen LogP contribution in [0.1, 0.15) is 39.5 Å². The van der Waals surface area contributed by atoms with Gasteiger partial charge in [-0.3, -0.25) is 14.4 Å². The largest absolute Gasteiger partial charge is 0.468 e. The summed E-state index contributed by atoms with van der Waals surface area (Å²) in [6.45, 7) is 3.75. The molecular formula is C13H20O5. The molecule has 5 nitrogen and oxygen atoms in total. The molecule has 0 saturated heterocycles. The normalized spacial score (nSPS) is 24.7. The predicted molar refractivity (Wildman–Crippen MR) is 63.7 cm³/mol. The van der Waals surface area contributed by atoms with Gasteiger partial charge in [-0.25, -0.2) is 0 Å². The molecule has 0 heterocycles. The number of methoxy groups -OCH3 is 1. The number of esters is 2. The number of ether oxygens (including phenoxy) is 2. The summed E-state index contributed by atoms with van der Waals surface area (Å²) < 4.78 is 9.62. The fraction of sp³-hybridized carbons (Fsp3) is 0.769. The highest BCUT2D eigenvalue weighted by atomic mass is 16.5. The van der Waals surface area contributed by atoms with E-state index in [-0.39, 0.29) is 24.1 Å². The molecule has 5 heteroatoms. The Hall–Kier alpha value is -1.39. The molecule has 1 aliphatic carbocycles. The Morgan fingerprint density at radius 1 is 1.44 bits per heavy atom. The molecule has 18 heavy (non-hydrogen) atoms. The van der Waals surface area contributed by atoms with Crippen molar-refractivity contribution < 1.29 is 23.9 Å². The van der Waals surface area contributed by atoms with Crippen molar-refractivity contribution in [2.75, 3.05) is 13.7 Å². The average Bonchev–Trinajstić information content (AvgIpc) is 2.71. The lowest BCUT2D eigenvalue weighted by Crippen LogP contribution is -2.43. The summed E-state index contributed by atoms with van der Waals surface area (Å²) in [5, 5.41) is 0. The van der Waals surface area contributed by atoms with Crippen molar-refractivity contribution in [3.63, 3.8) is 0 Å². The fourth-order valence-corrected chi connectivity index (χ4v) is 2.65. The van der Waals surface area contributed by atoms with Gasteiger partial charge in [-0.1, -0.05) is 6.92 Å². The van der Waals surface area contributed by atoms with E-state index < -0.39 is 11.4 Å². The van der Waals surface area contributed by atoms with Gasteiger partial charge in [0.05, 0.1) is 13.7 Å². The zero-order valence-electron chi connectivity index (χ0n) is 11.2. The Labute approximate surface area is 107 Å². The zero-order valence-corrected chi connectivity index (χ0v) is 11.2. The molecule has 0 aromatic carbocycles. The minimum Gasteiger partial charge on any atom is -0.468 e. The van der Waals surface area contributed by atoms with E-state index >= 15 is 0 Å². The molecule has 1 rings (SSSR count). The molecule has 1 saturated carbocycles. The van der Waals surface area contributed by atoms with Gasteiger partial charge in [-0.15, -0.1) is 0 Å². The number of Topliss-reactive ketones (excluding diaryl/α,β-unsaturated/α-hetero) is 1. The summed E-state index contributed by atoms with van der Waals surface area (Å²) in [7, 11) is 1.27. The molecule has 0 N–H and O–H groups in total. The average molecular weight is 256 g/mol. The zero-order chi connectivity index (χ0) is 13.8. The first-order chi connectivity index (χ1) is 8.48. The molecule has 0 radical (unpaired) electrons. The summed E-state index contributed by atoms with van der Waals surface area (Å²) in [5.41, 5.74) is -1.15. The molecule has 1 aliphatic rings. The second kappa shape index (κ2) is 5.98. The Kier molecular flexibility index (Phi) is 4.87. The van der Waals surface area contributed by atoms with Crippen LogP contribution in [0.3, 0.4) is 0 Å². The Balaban J connectivity index is 2.87. The maximum Gasteiger partial charge on any atom is 0.319 e. The fourth-order valence-electron chi connectivity index (χ4n) is 2.65. The van der Waals surface area contributed by atoms with E-state index in [1.807, 2.05) is 0 Å². The molecule has 0 amide bonds. The minimum atomic E-state index is -1.15. The first-order valence-electron chi connectivity index (χ1n) is 6.26. The molecule has 0 unspecified atom stereocenters. The highest BCUT2D eigenvalue weighted by Crippen LogP contribution is 2.44. The molecule has 0 aliphatic heterocycles. The van der Waals surface area contributed by atoms with Crippen LogP contribution in [0.4, 0.5) is 0 Å². The number of carbonyl (C=O) groups excluding carboxylic acids is 3. The number of hydrogen-bond donors (Lipinski definition) is 0. The van der Waals surface area contributed by atoms with Crippen LogP contribution in [-0.2, 0) is 23.9 Å². The van der Waals surface area contributed by atoms with Crippen LogP contribution in [0, 0.1) is 11.3 Å². The lowest BCUT2D eigenvalue weighted by molar-refractivity contribution is -0.161. The van der Waals surface area contributed by atoms with Crippen LogP contribution >= 0.6 is 0 Å². The van der Waals surface area contributed by atoms with Crippen molar-refractivity contribution in [3.05, 3.63) is 0 Å². The third kappa shape index (κ3) is 2.54. The molecule has 0 aromatic rings. The summed E-state index contributed by atoms with van der Waals surface area (Å²) >= 11 is 0. The molecule has 2 atom stereocenters. The van der Waals surface area contributed by atoms with E-state index in [9.17, 15) is 14.4 Å². The Morgan fingerprint density at radius 3 is 2.56 bits per heavy atom. The first kappa shape index (κ1) is 14.7. The summed E-state index contributed by atoms with van der Waals surface area (Å²) in [5.74, 6) is -1.42. The third-order valence-corrected chi connectivity index (χ3v) is 3.64. The van der Waals surface area contributed by atoms with E-state index in [4.69, 9.17) is 9.47 Å². The van der Waals surface area contributed by atoms with Crippen molar-refractivity contribution in [2.24, 2.45) is 11.3 Å². The second-order valence-corrected chi connectivity index (χ2v) is 4.65. The number of rotatable bonds is 5. The lowest BCUT2D eigenvalue weighted by atomic mass is 9.72. The molecule has 0 spiro atoms. The van der Waals surface area contributed by atoms with Crippen molar-refractivity contribution in [3.8, 4) is 0 Å². The third-order valence-electron chi connectivity index (χ3n) is 3.64. The Morgan fingerprint density at radius 2 is 2.11 bits per heavy atom. The van der Waals surface area contributed by atoms with Gasteiger partial charge in [0.15, 0.2) is 0 Å². The maximum absolute atomic E-state index is 12.0. The van der Waals surface area contributed by atoms with Gasteiger partial charge < -0.3 is 9.47 Å². The minimum absolute atomic E-state index is 0.0642. The number of hydrogen-bond acceptors (Lipinski definition) is 5. The Bertz CT molecular complexity index is 349. The SMILES string of the molecule is CCOC(=O)C[C@@H](C)[C@@]1(C(=O)OC)CCCC1=O. The smallest absolute Gasteiger partial charge is 0.319 e. The predicted octanol–water partition coefficient (Wildman–Crippen LogP) is 1.49. The van der Waals surface area contributed by atoms with Gasteiger partial charge in [-0.05, 0) is 25.7 Å². The lowest BCUT2D eigenvalue weighted by Gasteiger charge is -2.30. The number of carbonyl (C=O) groups is 3. The highest BCUT2D eigenvalue weighted by molar-refractivity contribution is 6.05. The van der Waals surface area contributed by atoms with Gasteiger partial charge in [0.1, 0.15) is 11.2 Å². The van der Waals surface area contributed by atoms with Crippen LogP contribution in [0.2, 0.25) is 0 Å². The summed E-state index contributed by atoms with van der Waals surface area (Å²) in [6.07, 6.45) is 1.57. The first-order valence-corrected chi connectivity index (χ1v) is 6.26. The topological polar surface area (TPSA) is 69.7 Å². The van der Waals surface area contributed by atoms with E-state index in [0.717, 1.165) is 0 Å². The van der Waals surface area contributed by atoms with Crippen LogP contribution in [0.15, 0.2) is 0 Å². The van der Waals surface area contributed by atoms with Gasteiger partial charge in [0.2, 0.25) is 0 Å². The molecule has 0 aromatic heterocycles. The van der Waals surface area contributed by atoms with Crippen molar-refractivity contribution in [2.45, 2.75) is 39.5 Å². The molecule has 102 valence electrons. The van der Waals surface area contributed by atoms with E-state index in [1.54, 1.807) is 13.8 Å². The second-order valence-electron chi connectivity index (χ2n) is 4.65. The van der Waals surface area contributed by atoms with E-state index in [1.165, 1.54) is 7.11 Å². The van der Waals surface area contributed by atoms with Gasteiger partial charge >= 0.3 is 11.9 Å². The number of ketones is 1. The van der Waals surface area contributed by atoms with Crippen LogP contribution in [-0.4, -0.2) is 31.4 Å². The van der Waals surface area contributed by atoms with Gasteiger partial charge in [0, 0.05) is 12.8 Å². The maximum atomic E-state index is 12.0. The standard InChI is InChI=1S/C13H20O5/c1-4-18-11(15)8-9(2)13(12(16)17-3)7-5-6-10(13)14/h9H,4-8H2,1-3H3/t9-,13+/m1/s1. The van der Waals surface area contributed by atoms with Crippen LogP contribution < -0.4 is 0 Å². The molecular weight excluding hydrogens is 236 g/mol. The molecule has 0 bridgehead atoms. The van der Waals surface area contributed by atoms with Crippen LogP contribution in [0.25, 0.3) is 0 Å². The van der Waals surface area contributed by atoms with Gasteiger partial charge in [-0.2, -0.15) is 0 Å². The molecule has 1 fully saturated rings.